The highest BCUT2D eigenvalue weighted by molar-refractivity contribution is 7.86. The van der Waals surface area contributed by atoms with E-state index in [1.54, 1.807) is 31.4 Å². The van der Waals surface area contributed by atoms with Gasteiger partial charge in [0.25, 0.3) is 0 Å². The first-order valence-corrected chi connectivity index (χ1v) is 10.5. The Morgan fingerprint density at radius 3 is 2.36 bits per heavy atom. The summed E-state index contributed by atoms with van der Waals surface area (Å²) < 4.78 is 32.3. The Balaban J connectivity index is 2.04. The Labute approximate surface area is 150 Å². The van der Waals surface area contributed by atoms with Gasteiger partial charge in [-0.3, -0.25) is 4.79 Å². The second-order valence-electron chi connectivity index (χ2n) is 6.52. The molecule has 7 heteroatoms. The topological polar surface area (TPSA) is 72.9 Å². The smallest absolute Gasteiger partial charge is 0.306 e. The number of nitrogens with zero attached hydrogens (tertiary/aromatic N) is 1. The maximum absolute atomic E-state index is 12.8. The molecule has 0 radical (unpaired) electrons. The molecule has 1 saturated carbocycles. The van der Waals surface area contributed by atoms with Crippen LogP contribution in [0.4, 0.5) is 0 Å². The normalized spacial score (nSPS) is 15.8. The minimum Gasteiger partial charge on any atom is -0.383 e. The first-order chi connectivity index (χ1) is 11.9. The van der Waals surface area contributed by atoms with Gasteiger partial charge in [-0.2, -0.15) is 8.42 Å². The van der Waals surface area contributed by atoms with Gasteiger partial charge in [0.15, 0.2) is 0 Å². The molecule has 2 rings (SSSR count). The standard InChI is InChI=1S/C18H27NO5S/c1-23-13-12-19(18(20)16-6-4-3-5-7-16)14-15-8-10-17(11-9-15)24-25(2,21)22/h8-11,16H,3-7,12-14H2,1-2H3. The van der Waals surface area contributed by atoms with E-state index in [2.05, 4.69) is 0 Å². The lowest BCUT2D eigenvalue weighted by molar-refractivity contribution is -0.137. The fourth-order valence-electron chi connectivity index (χ4n) is 3.12. The van der Waals surface area contributed by atoms with Crippen LogP contribution in [-0.4, -0.2) is 45.7 Å². The molecular weight excluding hydrogens is 342 g/mol. The van der Waals surface area contributed by atoms with Crippen LogP contribution in [0.15, 0.2) is 24.3 Å². The van der Waals surface area contributed by atoms with Gasteiger partial charge in [0, 0.05) is 26.1 Å². The zero-order valence-electron chi connectivity index (χ0n) is 14.9. The van der Waals surface area contributed by atoms with E-state index in [1.807, 2.05) is 4.90 Å². The van der Waals surface area contributed by atoms with Gasteiger partial charge < -0.3 is 13.8 Å². The summed E-state index contributed by atoms with van der Waals surface area (Å²) in [7, 11) is -1.91. The number of carbonyl (C=O) groups is 1. The zero-order valence-corrected chi connectivity index (χ0v) is 15.8. The van der Waals surface area contributed by atoms with Crippen molar-refractivity contribution in [3.63, 3.8) is 0 Å². The van der Waals surface area contributed by atoms with Gasteiger partial charge in [-0.25, -0.2) is 0 Å². The third-order valence-electron chi connectivity index (χ3n) is 4.38. The Bertz CT molecular complexity index is 651. The van der Waals surface area contributed by atoms with Gasteiger partial charge >= 0.3 is 10.1 Å². The molecule has 0 heterocycles. The third kappa shape index (κ3) is 6.66. The molecule has 0 atom stereocenters. The minimum atomic E-state index is -3.53. The van der Waals surface area contributed by atoms with Gasteiger partial charge in [-0.05, 0) is 30.5 Å². The van der Waals surface area contributed by atoms with E-state index in [0.717, 1.165) is 37.5 Å². The van der Waals surface area contributed by atoms with Gasteiger partial charge in [0.1, 0.15) is 5.75 Å². The molecule has 1 fully saturated rings. The summed E-state index contributed by atoms with van der Waals surface area (Å²) in [4.78, 5) is 14.7. The summed E-state index contributed by atoms with van der Waals surface area (Å²) in [6.07, 6.45) is 6.38. The summed E-state index contributed by atoms with van der Waals surface area (Å²) in [6.45, 7) is 1.53. The summed E-state index contributed by atoms with van der Waals surface area (Å²) in [6, 6.07) is 6.79. The van der Waals surface area contributed by atoms with Crippen molar-refractivity contribution < 1.29 is 22.1 Å². The molecule has 140 valence electrons. The molecule has 0 bridgehead atoms. The van der Waals surface area contributed by atoms with Crippen molar-refractivity contribution in [2.75, 3.05) is 26.5 Å². The number of hydrogen-bond donors (Lipinski definition) is 0. The maximum Gasteiger partial charge on any atom is 0.306 e. The van der Waals surface area contributed by atoms with Crippen molar-refractivity contribution in [3.05, 3.63) is 29.8 Å². The molecule has 0 aromatic heterocycles. The Morgan fingerprint density at radius 2 is 1.80 bits per heavy atom. The quantitative estimate of drug-likeness (QED) is 0.659. The van der Waals surface area contributed by atoms with Crippen LogP contribution in [0.2, 0.25) is 0 Å². The van der Waals surface area contributed by atoms with E-state index in [-0.39, 0.29) is 17.6 Å². The van der Waals surface area contributed by atoms with Crippen LogP contribution in [0.3, 0.4) is 0 Å². The molecule has 1 aliphatic carbocycles. The van der Waals surface area contributed by atoms with Gasteiger partial charge in [-0.1, -0.05) is 31.4 Å². The van der Waals surface area contributed by atoms with Crippen LogP contribution >= 0.6 is 0 Å². The maximum atomic E-state index is 12.8. The monoisotopic (exact) mass is 369 g/mol. The number of ether oxygens (including phenoxy) is 1. The molecular formula is C18H27NO5S. The molecule has 1 aromatic rings. The molecule has 0 aliphatic heterocycles. The van der Waals surface area contributed by atoms with Crippen molar-refractivity contribution in [2.45, 2.75) is 38.6 Å². The highest BCUT2D eigenvalue weighted by Gasteiger charge is 2.25. The van der Waals surface area contributed by atoms with Crippen LogP contribution in [0.25, 0.3) is 0 Å². The van der Waals surface area contributed by atoms with Gasteiger partial charge in [0.05, 0.1) is 12.9 Å². The Morgan fingerprint density at radius 1 is 1.16 bits per heavy atom. The van der Waals surface area contributed by atoms with Crippen LogP contribution in [0.1, 0.15) is 37.7 Å². The van der Waals surface area contributed by atoms with Crippen LogP contribution in [-0.2, 0) is 26.2 Å². The predicted octanol–water partition coefficient (Wildman–Crippen LogP) is 2.58. The summed E-state index contributed by atoms with van der Waals surface area (Å²) in [5.41, 5.74) is 0.932. The van der Waals surface area contributed by atoms with Crippen LogP contribution in [0.5, 0.6) is 5.75 Å². The van der Waals surface area contributed by atoms with E-state index in [1.165, 1.54) is 6.42 Å². The number of rotatable bonds is 8. The minimum absolute atomic E-state index is 0.110. The van der Waals surface area contributed by atoms with Crippen molar-refractivity contribution in [3.8, 4) is 5.75 Å². The fourth-order valence-corrected chi connectivity index (χ4v) is 3.58. The van der Waals surface area contributed by atoms with Crippen molar-refractivity contribution in [1.82, 2.24) is 4.90 Å². The first-order valence-electron chi connectivity index (χ1n) is 8.65. The lowest BCUT2D eigenvalue weighted by Gasteiger charge is -2.29. The highest BCUT2D eigenvalue weighted by Crippen LogP contribution is 2.26. The molecule has 1 amide bonds. The van der Waals surface area contributed by atoms with Gasteiger partial charge in [0.2, 0.25) is 5.91 Å². The van der Waals surface area contributed by atoms with Gasteiger partial charge in [-0.15, -0.1) is 0 Å². The predicted molar refractivity (Wildman–Crippen MR) is 95.8 cm³/mol. The SMILES string of the molecule is COCCN(Cc1ccc(OS(C)(=O)=O)cc1)C(=O)C1CCCCC1. The molecule has 25 heavy (non-hydrogen) atoms. The highest BCUT2D eigenvalue weighted by atomic mass is 32.2. The van der Waals surface area contributed by atoms with Crippen molar-refractivity contribution >= 4 is 16.0 Å². The third-order valence-corrected chi connectivity index (χ3v) is 4.87. The van der Waals surface area contributed by atoms with Crippen LogP contribution < -0.4 is 4.18 Å². The Kier molecular flexibility index (Phi) is 7.25. The molecule has 1 aliphatic rings. The van der Waals surface area contributed by atoms with Crippen LogP contribution in [0, 0.1) is 5.92 Å². The molecule has 0 spiro atoms. The first kappa shape index (κ1) is 19.7. The number of carbonyl (C=O) groups excluding carboxylic acids is 1. The summed E-state index contributed by atoms with van der Waals surface area (Å²) in [5.74, 6) is 0.569. The molecule has 0 N–H and O–H groups in total. The lowest BCUT2D eigenvalue weighted by atomic mass is 9.88. The molecule has 6 nitrogen and oxygen atoms in total. The number of hydrogen-bond acceptors (Lipinski definition) is 5. The number of methoxy groups -OCH3 is 1. The lowest BCUT2D eigenvalue weighted by Crippen LogP contribution is -2.38. The molecule has 0 saturated heterocycles. The molecule has 1 aromatic carbocycles. The molecule has 0 unspecified atom stereocenters. The Hall–Kier alpha value is -1.60. The second-order valence-corrected chi connectivity index (χ2v) is 8.09. The largest absolute Gasteiger partial charge is 0.383 e. The number of amides is 1. The summed E-state index contributed by atoms with van der Waals surface area (Å²) in [5, 5.41) is 0. The van der Waals surface area contributed by atoms with Crippen molar-refractivity contribution in [2.24, 2.45) is 5.92 Å². The summed E-state index contributed by atoms with van der Waals surface area (Å²) >= 11 is 0. The van der Waals surface area contributed by atoms with Crippen molar-refractivity contribution in [1.29, 1.82) is 0 Å². The van der Waals surface area contributed by atoms with E-state index in [9.17, 15) is 13.2 Å². The zero-order chi connectivity index (χ0) is 18.3. The van der Waals surface area contributed by atoms with E-state index in [4.69, 9.17) is 8.92 Å². The number of benzene rings is 1. The fraction of sp³-hybridized carbons (Fsp3) is 0.611. The van der Waals surface area contributed by atoms with E-state index >= 15 is 0 Å². The average molecular weight is 369 g/mol. The average Bonchev–Trinajstić information content (AvgIpc) is 2.59. The second kappa shape index (κ2) is 9.20. The van der Waals surface area contributed by atoms with E-state index in [0.29, 0.717) is 19.7 Å². The van der Waals surface area contributed by atoms with E-state index < -0.39 is 10.1 Å².